The molecule has 118 valence electrons. The monoisotopic (exact) mass is 384 g/mol. The predicted molar refractivity (Wildman–Crippen MR) is 91.2 cm³/mol. The third-order valence-electron chi connectivity index (χ3n) is 2.91. The number of anilines is 1. The highest BCUT2D eigenvalue weighted by Crippen LogP contribution is 2.22. The molecule has 0 aliphatic carbocycles. The van der Waals surface area contributed by atoms with Crippen LogP contribution in [0.3, 0.4) is 0 Å². The lowest BCUT2D eigenvalue weighted by Gasteiger charge is -2.12. The van der Waals surface area contributed by atoms with Crippen molar-refractivity contribution in [1.29, 1.82) is 0 Å². The van der Waals surface area contributed by atoms with Crippen molar-refractivity contribution in [2.24, 2.45) is 0 Å². The molecule has 1 aromatic carbocycles. The summed E-state index contributed by atoms with van der Waals surface area (Å²) in [6.45, 7) is 4.35. The van der Waals surface area contributed by atoms with Crippen molar-refractivity contribution >= 4 is 39.3 Å². The summed E-state index contributed by atoms with van der Waals surface area (Å²) >= 11 is 4.62. The summed E-state index contributed by atoms with van der Waals surface area (Å²) in [7, 11) is 0. The molecule has 22 heavy (non-hydrogen) atoms. The molecule has 1 aromatic heterocycles. The van der Waals surface area contributed by atoms with Crippen molar-refractivity contribution < 1.29 is 4.79 Å². The van der Waals surface area contributed by atoms with Crippen molar-refractivity contribution in [3.05, 3.63) is 39.2 Å². The molecule has 0 saturated heterocycles. The van der Waals surface area contributed by atoms with Crippen molar-refractivity contribution in [3.8, 4) is 0 Å². The lowest BCUT2D eigenvalue weighted by atomic mass is 10.3. The van der Waals surface area contributed by atoms with Crippen molar-refractivity contribution in [2.75, 3.05) is 5.32 Å². The topological polar surface area (TPSA) is 79.8 Å². The van der Waals surface area contributed by atoms with E-state index in [9.17, 15) is 9.59 Å². The first-order valence-electron chi connectivity index (χ1n) is 6.89. The highest BCUT2D eigenvalue weighted by Gasteiger charge is 2.19. The normalized spacial score (nSPS) is 12.1. The Morgan fingerprint density at radius 2 is 2.32 bits per heavy atom. The quantitative estimate of drug-likeness (QED) is 0.750. The fourth-order valence-corrected chi connectivity index (χ4v) is 3.12. The number of carbonyl (C=O) groups is 1. The van der Waals surface area contributed by atoms with Gasteiger partial charge in [-0.25, -0.2) is 9.89 Å². The zero-order chi connectivity index (χ0) is 16.1. The van der Waals surface area contributed by atoms with E-state index in [-0.39, 0.29) is 16.8 Å². The molecule has 2 N–H and O–H groups in total. The van der Waals surface area contributed by atoms with Gasteiger partial charge in [0.2, 0.25) is 5.91 Å². The molecule has 1 amide bonds. The van der Waals surface area contributed by atoms with Gasteiger partial charge in [0.15, 0.2) is 5.16 Å². The van der Waals surface area contributed by atoms with Gasteiger partial charge in [0.05, 0.1) is 5.25 Å². The number of hydrogen-bond acceptors (Lipinski definition) is 4. The maximum atomic E-state index is 12.2. The largest absolute Gasteiger partial charge is 0.343 e. The van der Waals surface area contributed by atoms with E-state index in [0.29, 0.717) is 11.7 Å². The van der Waals surface area contributed by atoms with Gasteiger partial charge < -0.3 is 5.32 Å². The second kappa shape index (κ2) is 7.64. The Labute approximate surface area is 140 Å². The van der Waals surface area contributed by atoms with Crippen LogP contribution in [0.1, 0.15) is 20.3 Å². The number of hydrogen-bond donors (Lipinski definition) is 2. The molecular weight excluding hydrogens is 368 g/mol. The highest BCUT2D eigenvalue weighted by molar-refractivity contribution is 9.10. The molecule has 0 fully saturated rings. The smallest absolute Gasteiger partial charge is 0.325 e. The number of halogens is 1. The van der Waals surface area contributed by atoms with Crippen molar-refractivity contribution in [3.63, 3.8) is 0 Å². The summed E-state index contributed by atoms with van der Waals surface area (Å²) in [5.74, 6) is -0.137. The first-order chi connectivity index (χ1) is 10.5. The number of carbonyl (C=O) groups excluding carboxylic acids is 1. The molecule has 0 bridgehead atoms. The summed E-state index contributed by atoms with van der Waals surface area (Å²) in [6, 6.07) is 7.39. The van der Waals surface area contributed by atoms with E-state index in [1.54, 1.807) is 11.5 Å². The van der Waals surface area contributed by atoms with Crippen LogP contribution in [0.4, 0.5) is 5.69 Å². The molecule has 0 aliphatic rings. The van der Waals surface area contributed by atoms with E-state index in [0.717, 1.165) is 16.6 Å². The average molecular weight is 385 g/mol. The van der Waals surface area contributed by atoms with E-state index in [2.05, 4.69) is 31.4 Å². The second-order valence-corrected chi connectivity index (χ2v) is 6.95. The van der Waals surface area contributed by atoms with Gasteiger partial charge in [0, 0.05) is 16.7 Å². The fourth-order valence-electron chi connectivity index (χ4n) is 1.84. The van der Waals surface area contributed by atoms with Gasteiger partial charge in [-0.05, 0) is 31.5 Å². The lowest BCUT2D eigenvalue weighted by molar-refractivity contribution is -0.115. The Morgan fingerprint density at radius 1 is 1.55 bits per heavy atom. The van der Waals surface area contributed by atoms with Crippen LogP contribution in [0.5, 0.6) is 0 Å². The van der Waals surface area contributed by atoms with E-state index >= 15 is 0 Å². The van der Waals surface area contributed by atoms with Crippen LogP contribution < -0.4 is 11.0 Å². The van der Waals surface area contributed by atoms with Gasteiger partial charge in [0.25, 0.3) is 0 Å². The number of aromatic amines is 1. The minimum atomic E-state index is -0.371. The Morgan fingerprint density at radius 3 is 3.00 bits per heavy atom. The number of aromatic nitrogens is 3. The first kappa shape index (κ1) is 16.8. The number of nitrogens with one attached hydrogen (secondary N) is 2. The lowest BCUT2D eigenvalue weighted by Crippen LogP contribution is -2.24. The Balaban J connectivity index is 2.04. The molecule has 2 aromatic rings. The van der Waals surface area contributed by atoms with Crippen molar-refractivity contribution in [2.45, 2.75) is 37.2 Å². The summed E-state index contributed by atoms with van der Waals surface area (Å²) in [6.07, 6.45) is 0.825. The highest BCUT2D eigenvalue weighted by atomic mass is 79.9. The van der Waals surface area contributed by atoms with Crippen LogP contribution in [-0.4, -0.2) is 25.9 Å². The Bertz CT molecular complexity index is 713. The van der Waals surface area contributed by atoms with Crippen LogP contribution in [0, 0.1) is 0 Å². The standard InChI is InChI=1S/C14H17BrN4O2S/c1-3-7-19-13(21)17-18-14(19)22-9(2)12(20)16-11-6-4-5-10(15)8-11/h4-6,8-9H,3,7H2,1-2H3,(H,16,20)(H,17,21)/t9-/m0/s1. The van der Waals surface area contributed by atoms with Crippen LogP contribution in [0.15, 0.2) is 38.7 Å². The molecule has 6 nitrogen and oxygen atoms in total. The minimum absolute atomic E-state index is 0.137. The number of H-pyrrole nitrogens is 1. The third kappa shape index (κ3) is 4.23. The van der Waals surface area contributed by atoms with Gasteiger partial charge in [-0.15, -0.1) is 5.10 Å². The Kier molecular flexibility index (Phi) is 5.84. The number of amides is 1. The molecule has 0 radical (unpaired) electrons. The van der Waals surface area contributed by atoms with E-state index in [1.807, 2.05) is 31.2 Å². The van der Waals surface area contributed by atoms with Gasteiger partial charge >= 0.3 is 5.69 Å². The third-order valence-corrected chi connectivity index (χ3v) is 4.50. The average Bonchev–Trinajstić information content (AvgIpc) is 2.80. The summed E-state index contributed by atoms with van der Waals surface area (Å²) in [5, 5.41) is 9.41. The molecule has 0 unspecified atom stereocenters. The maximum absolute atomic E-state index is 12.2. The molecule has 0 spiro atoms. The zero-order valence-electron chi connectivity index (χ0n) is 12.3. The summed E-state index contributed by atoms with van der Waals surface area (Å²) in [5.41, 5.74) is 0.476. The van der Waals surface area contributed by atoms with Crippen LogP contribution in [0.2, 0.25) is 0 Å². The number of thioether (sulfide) groups is 1. The number of nitrogens with zero attached hydrogens (tertiary/aromatic N) is 2. The molecule has 8 heteroatoms. The first-order valence-corrected chi connectivity index (χ1v) is 8.56. The van der Waals surface area contributed by atoms with Crippen LogP contribution >= 0.6 is 27.7 Å². The maximum Gasteiger partial charge on any atom is 0.343 e. The summed E-state index contributed by atoms with van der Waals surface area (Å²) in [4.78, 5) is 23.9. The Hall–Kier alpha value is -1.54. The number of benzene rings is 1. The van der Waals surface area contributed by atoms with Gasteiger partial charge in [-0.2, -0.15) is 0 Å². The molecule has 2 rings (SSSR count). The SMILES string of the molecule is CCCn1c(S[C@@H](C)C(=O)Nc2cccc(Br)c2)n[nH]c1=O. The minimum Gasteiger partial charge on any atom is -0.325 e. The summed E-state index contributed by atoms with van der Waals surface area (Å²) < 4.78 is 2.45. The molecule has 0 aliphatic heterocycles. The van der Waals surface area contributed by atoms with Gasteiger partial charge in [-0.1, -0.05) is 40.7 Å². The van der Waals surface area contributed by atoms with E-state index in [1.165, 1.54) is 11.8 Å². The molecular formula is C14H17BrN4O2S. The van der Waals surface area contributed by atoms with Crippen LogP contribution in [0.25, 0.3) is 0 Å². The van der Waals surface area contributed by atoms with Gasteiger partial charge in [-0.3, -0.25) is 9.36 Å². The number of rotatable bonds is 6. The van der Waals surface area contributed by atoms with E-state index in [4.69, 9.17) is 0 Å². The molecule has 1 atom stereocenters. The van der Waals surface area contributed by atoms with Gasteiger partial charge in [0.1, 0.15) is 0 Å². The second-order valence-electron chi connectivity index (χ2n) is 4.72. The van der Waals surface area contributed by atoms with Crippen molar-refractivity contribution in [1.82, 2.24) is 14.8 Å². The molecule has 0 saturated carbocycles. The predicted octanol–water partition coefficient (Wildman–Crippen LogP) is 2.86. The van der Waals surface area contributed by atoms with Crippen LogP contribution in [-0.2, 0) is 11.3 Å². The molecule has 1 heterocycles. The zero-order valence-corrected chi connectivity index (χ0v) is 14.7. The van der Waals surface area contributed by atoms with E-state index < -0.39 is 0 Å². The fraction of sp³-hybridized carbons (Fsp3) is 0.357.